The molecule has 0 aliphatic heterocycles. The lowest BCUT2D eigenvalue weighted by Crippen LogP contribution is -2.12. The van der Waals surface area contributed by atoms with E-state index in [4.69, 9.17) is 0 Å². The molecule has 0 saturated carbocycles. The minimum atomic E-state index is -0.158. The molecule has 0 aliphatic carbocycles. The van der Waals surface area contributed by atoms with Crippen LogP contribution >= 0.6 is 23.1 Å². The van der Waals surface area contributed by atoms with Crippen molar-refractivity contribution < 1.29 is 4.79 Å². The van der Waals surface area contributed by atoms with Gasteiger partial charge in [0.1, 0.15) is 0 Å². The second kappa shape index (κ2) is 7.80. The minimum absolute atomic E-state index is 0.158. The summed E-state index contributed by atoms with van der Waals surface area (Å²) in [4.78, 5) is 12.3. The number of carbonyl (C=O) groups excluding carboxylic acids is 1. The van der Waals surface area contributed by atoms with Crippen molar-refractivity contribution >= 4 is 34.1 Å². The molecule has 0 aliphatic rings. The van der Waals surface area contributed by atoms with Gasteiger partial charge in [-0.3, -0.25) is 10.1 Å². The molecule has 4 nitrogen and oxygen atoms in total. The maximum Gasteiger partial charge on any atom is 0.257 e. The topological polar surface area (TPSA) is 54.9 Å². The van der Waals surface area contributed by atoms with Gasteiger partial charge >= 0.3 is 0 Å². The second-order valence-electron chi connectivity index (χ2n) is 5.90. The zero-order valence-corrected chi connectivity index (χ0v) is 16.0. The quantitative estimate of drug-likeness (QED) is 0.507. The van der Waals surface area contributed by atoms with Gasteiger partial charge in [0.25, 0.3) is 5.91 Å². The van der Waals surface area contributed by atoms with Crippen molar-refractivity contribution in [2.75, 3.05) is 5.32 Å². The zero-order valence-electron chi connectivity index (χ0n) is 14.4. The molecule has 0 saturated heterocycles. The number of nitrogens with zero attached hydrogens (tertiary/aromatic N) is 2. The van der Waals surface area contributed by atoms with Gasteiger partial charge in [0.2, 0.25) is 5.13 Å². The van der Waals surface area contributed by atoms with E-state index in [0.717, 1.165) is 15.7 Å². The predicted molar refractivity (Wildman–Crippen MR) is 105 cm³/mol. The number of rotatable bonds is 5. The Labute approximate surface area is 155 Å². The molecule has 0 radical (unpaired) electrons. The van der Waals surface area contributed by atoms with Gasteiger partial charge in [0.05, 0.1) is 0 Å². The van der Waals surface area contributed by atoms with Crippen LogP contribution in [0.2, 0.25) is 0 Å². The lowest BCUT2D eigenvalue weighted by Gasteiger charge is -2.04. The van der Waals surface area contributed by atoms with E-state index in [1.54, 1.807) is 11.8 Å². The lowest BCUT2D eigenvalue weighted by atomic mass is 10.1. The van der Waals surface area contributed by atoms with Crippen LogP contribution in [0.5, 0.6) is 0 Å². The molecule has 25 heavy (non-hydrogen) atoms. The molecule has 0 bridgehead atoms. The Balaban J connectivity index is 1.60. The first-order valence-electron chi connectivity index (χ1n) is 7.92. The average molecular weight is 370 g/mol. The van der Waals surface area contributed by atoms with Crippen molar-refractivity contribution in [3.8, 4) is 0 Å². The van der Waals surface area contributed by atoms with Gasteiger partial charge < -0.3 is 0 Å². The SMILES string of the molecule is Cc1ccc(CSc2nnc(NC(=O)c3ccc(C)c(C)c3)s2)cc1. The summed E-state index contributed by atoms with van der Waals surface area (Å²) < 4.78 is 0.843. The van der Waals surface area contributed by atoms with Crippen molar-refractivity contribution in [2.24, 2.45) is 0 Å². The molecule has 2 aromatic carbocycles. The van der Waals surface area contributed by atoms with Gasteiger partial charge in [-0.05, 0) is 49.6 Å². The van der Waals surface area contributed by atoms with Crippen LogP contribution in [-0.4, -0.2) is 16.1 Å². The molecule has 6 heteroatoms. The Morgan fingerprint density at radius 1 is 1.04 bits per heavy atom. The molecule has 128 valence electrons. The fourth-order valence-electron chi connectivity index (χ4n) is 2.20. The molecule has 1 N–H and O–H groups in total. The first kappa shape index (κ1) is 17.6. The van der Waals surface area contributed by atoms with Crippen molar-refractivity contribution in [1.82, 2.24) is 10.2 Å². The number of aromatic nitrogens is 2. The number of anilines is 1. The van der Waals surface area contributed by atoms with E-state index in [-0.39, 0.29) is 5.91 Å². The third kappa shape index (κ3) is 4.67. The Bertz CT molecular complexity index is 888. The number of thioether (sulfide) groups is 1. The van der Waals surface area contributed by atoms with Crippen LogP contribution in [0.3, 0.4) is 0 Å². The van der Waals surface area contributed by atoms with Crippen molar-refractivity contribution in [3.63, 3.8) is 0 Å². The van der Waals surface area contributed by atoms with E-state index in [0.29, 0.717) is 10.7 Å². The zero-order chi connectivity index (χ0) is 17.8. The highest BCUT2D eigenvalue weighted by molar-refractivity contribution is 8.00. The fourth-order valence-corrected chi connectivity index (χ4v) is 3.90. The van der Waals surface area contributed by atoms with Gasteiger partial charge in [-0.15, -0.1) is 10.2 Å². The minimum Gasteiger partial charge on any atom is -0.296 e. The molecule has 1 aromatic heterocycles. The molecular formula is C19H19N3OS2. The Hall–Kier alpha value is -2.18. The summed E-state index contributed by atoms with van der Waals surface area (Å²) in [7, 11) is 0. The summed E-state index contributed by atoms with van der Waals surface area (Å²) >= 11 is 3.02. The number of hydrogen-bond donors (Lipinski definition) is 1. The van der Waals surface area contributed by atoms with E-state index in [1.165, 1.54) is 28.0 Å². The van der Waals surface area contributed by atoms with Crippen LogP contribution in [0.15, 0.2) is 46.8 Å². The monoisotopic (exact) mass is 369 g/mol. The number of nitrogens with one attached hydrogen (secondary N) is 1. The van der Waals surface area contributed by atoms with E-state index in [9.17, 15) is 4.79 Å². The van der Waals surface area contributed by atoms with Crippen molar-refractivity contribution in [3.05, 3.63) is 70.3 Å². The third-order valence-corrected chi connectivity index (χ3v) is 5.92. The number of benzene rings is 2. The van der Waals surface area contributed by atoms with Gasteiger partial charge in [-0.25, -0.2) is 0 Å². The molecule has 0 unspecified atom stereocenters. The Kier molecular flexibility index (Phi) is 5.50. The highest BCUT2D eigenvalue weighted by Gasteiger charge is 2.11. The Morgan fingerprint density at radius 2 is 1.80 bits per heavy atom. The van der Waals surface area contributed by atoms with E-state index in [1.807, 2.05) is 32.0 Å². The molecule has 0 spiro atoms. The van der Waals surface area contributed by atoms with Crippen molar-refractivity contribution in [2.45, 2.75) is 30.9 Å². The summed E-state index contributed by atoms with van der Waals surface area (Å²) in [6, 6.07) is 14.1. The van der Waals surface area contributed by atoms with Crippen LogP contribution < -0.4 is 5.32 Å². The van der Waals surface area contributed by atoms with Crippen LogP contribution in [0.1, 0.15) is 32.6 Å². The van der Waals surface area contributed by atoms with Crippen molar-refractivity contribution in [1.29, 1.82) is 0 Å². The van der Waals surface area contributed by atoms with Gasteiger partial charge in [0, 0.05) is 11.3 Å². The smallest absolute Gasteiger partial charge is 0.257 e. The summed E-state index contributed by atoms with van der Waals surface area (Å²) in [5, 5.41) is 11.6. The molecule has 3 aromatic rings. The largest absolute Gasteiger partial charge is 0.296 e. The van der Waals surface area contributed by atoms with E-state index >= 15 is 0 Å². The summed E-state index contributed by atoms with van der Waals surface area (Å²) in [5.74, 6) is 0.675. The molecular weight excluding hydrogens is 350 g/mol. The summed E-state index contributed by atoms with van der Waals surface area (Å²) in [6.45, 7) is 6.10. The number of amides is 1. The third-order valence-electron chi connectivity index (χ3n) is 3.88. The fraction of sp³-hybridized carbons (Fsp3) is 0.211. The first-order valence-corrected chi connectivity index (χ1v) is 9.72. The first-order chi connectivity index (χ1) is 12.0. The normalized spacial score (nSPS) is 10.7. The number of aryl methyl sites for hydroxylation is 3. The Morgan fingerprint density at radius 3 is 2.52 bits per heavy atom. The maximum atomic E-state index is 12.3. The number of carbonyl (C=O) groups is 1. The second-order valence-corrected chi connectivity index (χ2v) is 8.10. The summed E-state index contributed by atoms with van der Waals surface area (Å²) in [5.41, 5.74) is 5.39. The van der Waals surface area contributed by atoms with E-state index < -0.39 is 0 Å². The lowest BCUT2D eigenvalue weighted by molar-refractivity contribution is 0.102. The number of hydrogen-bond acceptors (Lipinski definition) is 5. The molecule has 0 fully saturated rings. The van der Waals surface area contributed by atoms with Crippen LogP contribution in [0.4, 0.5) is 5.13 Å². The average Bonchev–Trinajstić information content (AvgIpc) is 3.04. The predicted octanol–water partition coefficient (Wildman–Crippen LogP) is 5.01. The van der Waals surface area contributed by atoms with Gasteiger partial charge in [-0.1, -0.05) is 59.0 Å². The van der Waals surface area contributed by atoms with Gasteiger partial charge in [0.15, 0.2) is 4.34 Å². The highest BCUT2D eigenvalue weighted by atomic mass is 32.2. The van der Waals surface area contributed by atoms with Crippen LogP contribution in [0.25, 0.3) is 0 Å². The molecule has 1 heterocycles. The van der Waals surface area contributed by atoms with Crippen LogP contribution in [-0.2, 0) is 5.75 Å². The summed E-state index contributed by atoms with van der Waals surface area (Å²) in [6.07, 6.45) is 0. The molecule has 3 rings (SSSR count). The van der Waals surface area contributed by atoms with Crippen LogP contribution in [0, 0.1) is 20.8 Å². The molecule has 1 amide bonds. The maximum absolute atomic E-state index is 12.3. The standard InChI is InChI=1S/C19H19N3OS2/c1-12-4-7-15(8-5-12)11-24-19-22-21-18(25-19)20-17(23)16-9-6-13(2)14(3)10-16/h4-10H,11H2,1-3H3,(H,20,21,23). The van der Waals surface area contributed by atoms with Gasteiger partial charge in [-0.2, -0.15) is 0 Å². The molecule has 0 atom stereocenters. The van der Waals surface area contributed by atoms with E-state index in [2.05, 4.69) is 46.7 Å². The highest BCUT2D eigenvalue weighted by Crippen LogP contribution is 2.28.